The van der Waals surface area contributed by atoms with Crippen LogP contribution in [0, 0.1) is 0 Å². The molecule has 0 radical (unpaired) electrons. The van der Waals surface area contributed by atoms with E-state index in [4.69, 9.17) is 9.26 Å². The highest BCUT2D eigenvalue weighted by Gasteiger charge is 2.14. The number of ether oxygens (including phenoxy) is 1. The molecule has 0 saturated heterocycles. The van der Waals surface area contributed by atoms with Gasteiger partial charge in [-0.2, -0.15) is 4.98 Å². The van der Waals surface area contributed by atoms with Gasteiger partial charge in [-0.25, -0.2) is 0 Å². The van der Waals surface area contributed by atoms with E-state index in [0.717, 1.165) is 16.9 Å². The lowest BCUT2D eigenvalue weighted by atomic mass is 10.2. The number of carbonyl (C=O) groups is 1. The van der Waals surface area contributed by atoms with Gasteiger partial charge in [-0.05, 0) is 18.2 Å². The number of aromatic nitrogens is 3. The van der Waals surface area contributed by atoms with Crippen LogP contribution in [0.15, 0.2) is 53.3 Å². The van der Waals surface area contributed by atoms with Gasteiger partial charge in [0.25, 0.3) is 0 Å². The second kappa shape index (κ2) is 8.24. The fourth-order valence-corrected chi connectivity index (χ4v) is 2.56. The van der Waals surface area contributed by atoms with E-state index in [2.05, 4.69) is 15.1 Å². The zero-order valence-electron chi connectivity index (χ0n) is 14.8. The van der Waals surface area contributed by atoms with Gasteiger partial charge in [-0.3, -0.25) is 9.78 Å². The number of aryl methyl sites for hydroxylation is 1. The highest BCUT2D eigenvalue weighted by atomic mass is 16.5. The number of pyridine rings is 1. The Hall–Kier alpha value is -3.22. The molecule has 2 heterocycles. The highest BCUT2D eigenvalue weighted by Crippen LogP contribution is 2.19. The number of hydrogen-bond acceptors (Lipinski definition) is 6. The Kier molecular flexibility index (Phi) is 5.58. The molecule has 0 N–H and O–H groups in total. The Balaban J connectivity index is 1.56. The second-order valence-corrected chi connectivity index (χ2v) is 5.81. The normalized spacial score (nSPS) is 10.5. The molecule has 7 heteroatoms. The molecule has 0 spiro atoms. The van der Waals surface area contributed by atoms with Crippen LogP contribution in [0.1, 0.15) is 17.9 Å². The van der Waals surface area contributed by atoms with Gasteiger partial charge < -0.3 is 14.2 Å². The molecule has 3 rings (SSSR count). The van der Waals surface area contributed by atoms with Gasteiger partial charge in [0.15, 0.2) is 0 Å². The average molecular weight is 352 g/mol. The van der Waals surface area contributed by atoms with Crippen molar-refractivity contribution in [1.82, 2.24) is 20.0 Å². The SMILES string of the molecule is COc1ccccc1CN(C)C(=O)CCc1nc(-c2ccncc2)no1. The van der Waals surface area contributed by atoms with Crippen LogP contribution in [0.2, 0.25) is 0 Å². The number of hydrogen-bond donors (Lipinski definition) is 0. The average Bonchev–Trinajstić information content (AvgIpc) is 3.16. The number of benzene rings is 1. The van der Waals surface area contributed by atoms with Crippen molar-refractivity contribution in [3.05, 3.63) is 60.2 Å². The standard InChI is InChI=1S/C19H20N4O3/c1-23(13-15-5-3-4-6-16(15)25-2)18(24)8-7-17-21-19(22-26-17)14-9-11-20-12-10-14/h3-6,9-12H,7-8,13H2,1-2H3. The third-order valence-electron chi connectivity index (χ3n) is 3.99. The predicted octanol–water partition coefficient (Wildman–Crippen LogP) is 2.73. The summed E-state index contributed by atoms with van der Waals surface area (Å²) in [6.45, 7) is 0.481. The molecule has 0 aliphatic carbocycles. The van der Waals surface area contributed by atoms with Crippen molar-refractivity contribution in [2.24, 2.45) is 0 Å². The Morgan fingerprint density at radius 2 is 1.96 bits per heavy atom. The second-order valence-electron chi connectivity index (χ2n) is 5.81. The Morgan fingerprint density at radius 3 is 2.73 bits per heavy atom. The number of para-hydroxylation sites is 1. The topological polar surface area (TPSA) is 81.4 Å². The van der Waals surface area contributed by atoms with Crippen LogP contribution < -0.4 is 4.74 Å². The summed E-state index contributed by atoms with van der Waals surface area (Å²) in [5.41, 5.74) is 1.79. The van der Waals surface area contributed by atoms with Crippen LogP contribution in [0.4, 0.5) is 0 Å². The van der Waals surface area contributed by atoms with E-state index in [-0.39, 0.29) is 5.91 Å². The Morgan fingerprint density at radius 1 is 1.19 bits per heavy atom. The molecule has 0 bridgehead atoms. The monoisotopic (exact) mass is 352 g/mol. The first kappa shape index (κ1) is 17.6. The summed E-state index contributed by atoms with van der Waals surface area (Å²) in [6, 6.07) is 11.3. The molecule has 2 aromatic heterocycles. The summed E-state index contributed by atoms with van der Waals surface area (Å²) in [5, 5.41) is 3.94. The smallest absolute Gasteiger partial charge is 0.227 e. The van der Waals surface area contributed by atoms with Crippen LogP contribution in [0.3, 0.4) is 0 Å². The van der Waals surface area contributed by atoms with E-state index in [1.165, 1.54) is 0 Å². The first-order valence-corrected chi connectivity index (χ1v) is 8.26. The van der Waals surface area contributed by atoms with Crippen molar-refractivity contribution < 1.29 is 14.1 Å². The van der Waals surface area contributed by atoms with Gasteiger partial charge in [0, 0.05) is 50.0 Å². The van der Waals surface area contributed by atoms with Gasteiger partial charge in [0.05, 0.1) is 7.11 Å². The number of nitrogens with zero attached hydrogens (tertiary/aromatic N) is 4. The Labute approximate surface area is 151 Å². The van der Waals surface area contributed by atoms with Crippen molar-refractivity contribution in [1.29, 1.82) is 0 Å². The summed E-state index contributed by atoms with van der Waals surface area (Å²) in [7, 11) is 3.39. The fraction of sp³-hybridized carbons (Fsp3) is 0.263. The minimum Gasteiger partial charge on any atom is -0.496 e. The lowest BCUT2D eigenvalue weighted by Gasteiger charge is -2.18. The fourth-order valence-electron chi connectivity index (χ4n) is 2.56. The van der Waals surface area contributed by atoms with E-state index in [1.54, 1.807) is 43.6 Å². The molecule has 0 aliphatic rings. The summed E-state index contributed by atoms with van der Waals surface area (Å²) in [5.74, 6) is 1.71. The van der Waals surface area contributed by atoms with E-state index in [9.17, 15) is 4.79 Å². The van der Waals surface area contributed by atoms with Gasteiger partial charge in [-0.15, -0.1) is 0 Å². The van der Waals surface area contributed by atoms with E-state index >= 15 is 0 Å². The van der Waals surface area contributed by atoms with Crippen molar-refractivity contribution in [3.63, 3.8) is 0 Å². The summed E-state index contributed by atoms with van der Waals surface area (Å²) in [4.78, 5) is 22.3. The molecule has 26 heavy (non-hydrogen) atoms. The highest BCUT2D eigenvalue weighted by molar-refractivity contribution is 5.76. The van der Waals surface area contributed by atoms with Gasteiger partial charge >= 0.3 is 0 Å². The molecule has 0 unspecified atom stereocenters. The van der Waals surface area contributed by atoms with Crippen molar-refractivity contribution in [2.45, 2.75) is 19.4 Å². The molecule has 7 nitrogen and oxygen atoms in total. The molecular formula is C19H20N4O3. The lowest BCUT2D eigenvalue weighted by Crippen LogP contribution is -2.26. The van der Waals surface area contributed by atoms with Crippen molar-refractivity contribution in [3.8, 4) is 17.1 Å². The molecule has 134 valence electrons. The molecular weight excluding hydrogens is 332 g/mol. The van der Waals surface area contributed by atoms with E-state index in [1.807, 2.05) is 24.3 Å². The molecule has 1 aromatic carbocycles. The van der Waals surface area contributed by atoms with Crippen molar-refractivity contribution in [2.75, 3.05) is 14.2 Å². The van der Waals surface area contributed by atoms with Crippen LogP contribution in [0.25, 0.3) is 11.4 Å². The summed E-state index contributed by atoms with van der Waals surface area (Å²) in [6.07, 6.45) is 4.03. The van der Waals surface area contributed by atoms with Crippen LogP contribution >= 0.6 is 0 Å². The first-order chi connectivity index (χ1) is 12.7. The molecule has 0 fully saturated rings. The quantitative estimate of drug-likeness (QED) is 0.650. The maximum absolute atomic E-state index is 12.4. The maximum atomic E-state index is 12.4. The minimum absolute atomic E-state index is 0.000401. The number of amides is 1. The molecule has 3 aromatic rings. The first-order valence-electron chi connectivity index (χ1n) is 8.26. The summed E-state index contributed by atoms with van der Waals surface area (Å²) >= 11 is 0. The van der Waals surface area contributed by atoms with Gasteiger partial charge in [0.2, 0.25) is 17.6 Å². The van der Waals surface area contributed by atoms with E-state index in [0.29, 0.717) is 31.1 Å². The molecule has 0 aliphatic heterocycles. The van der Waals surface area contributed by atoms with Crippen LogP contribution in [0.5, 0.6) is 5.75 Å². The van der Waals surface area contributed by atoms with E-state index < -0.39 is 0 Å². The largest absolute Gasteiger partial charge is 0.496 e. The zero-order valence-corrected chi connectivity index (χ0v) is 14.8. The van der Waals surface area contributed by atoms with Crippen LogP contribution in [-0.4, -0.2) is 40.1 Å². The minimum atomic E-state index is -0.000401. The maximum Gasteiger partial charge on any atom is 0.227 e. The summed E-state index contributed by atoms with van der Waals surface area (Å²) < 4.78 is 10.6. The zero-order chi connectivity index (χ0) is 18.4. The van der Waals surface area contributed by atoms with Crippen molar-refractivity contribution >= 4 is 5.91 Å². The third kappa shape index (κ3) is 4.24. The molecule has 0 atom stereocenters. The van der Waals surface area contributed by atoms with Gasteiger partial charge in [0.1, 0.15) is 5.75 Å². The van der Waals surface area contributed by atoms with Crippen LogP contribution in [-0.2, 0) is 17.8 Å². The molecule has 0 saturated carbocycles. The molecule has 1 amide bonds. The Bertz CT molecular complexity index is 864. The van der Waals surface area contributed by atoms with Gasteiger partial charge in [-0.1, -0.05) is 23.4 Å². The third-order valence-corrected chi connectivity index (χ3v) is 3.99. The number of rotatable bonds is 7. The predicted molar refractivity (Wildman–Crippen MR) is 95.3 cm³/mol. The number of methoxy groups -OCH3 is 1. The lowest BCUT2D eigenvalue weighted by molar-refractivity contribution is -0.130. The number of carbonyl (C=O) groups excluding carboxylic acids is 1.